The molecule has 0 radical (unpaired) electrons. The van der Waals surface area contributed by atoms with E-state index in [0.29, 0.717) is 13.2 Å². The fourth-order valence-electron chi connectivity index (χ4n) is 2.55. The molecule has 0 aliphatic heterocycles. The molecule has 0 amide bonds. The molecule has 1 unspecified atom stereocenters. The predicted molar refractivity (Wildman–Crippen MR) is 101 cm³/mol. The standard InChI is InChI=1S/C19H40O3S/c1-3-5-7-8-9-10-11-12-13-14-15-16-17-19-22-23(20)21-18-6-4-2/h3-19H2,1-2H3. The lowest BCUT2D eigenvalue weighted by Gasteiger charge is -2.04. The van der Waals surface area contributed by atoms with Crippen molar-refractivity contribution in [1.29, 1.82) is 0 Å². The van der Waals surface area contributed by atoms with E-state index in [1.54, 1.807) is 0 Å². The molecule has 23 heavy (non-hydrogen) atoms. The first-order valence-corrected chi connectivity index (χ1v) is 11.0. The molecule has 0 N–H and O–H groups in total. The third-order valence-electron chi connectivity index (χ3n) is 4.10. The molecule has 0 rings (SSSR count). The first-order chi connectivity index (χ1) is 11.3. The SMILES string of the molecule is CCCCCCCCCCCCCCCOS(=O)OCCCC. The molecular weight excluding hydrogens is 308 g/mol. The van der Waals surface area contributed by atoms with Crippen LogP contribution >= 0.6 is 0 Å². The van der Waals surface area contributed by atoms with Gasteiger partial charge in [-0.3, -0.25) is 8.37 Å². The summed E-state index contributed by atoms with van der Waals surface area (Å²) in [6.07, 6.45) is 19.3. The fourth-order valence-corrected chi connectivity index (χ4v) is 3.13. The van der Waals surface area contributed by atoms with Gasteiger partial charge in [0.2, 0.25) is 0 Å². The molecule has 0 aliphatic rings. The van der Waals surface area contributed by atoms with E-state index in [2.05, 4.69) is 13.8 Å². The van der Waals surface area contributed by atoms with Crippen LogP contribution in [0.3, 0.4) is 0 Å². The summed E-state index contributed by atoms with van der Waals surface area (Å²) >= 11 is -1.54. The molecule has 1 atom stereocenters. The molecule has 4 heteroatoms. The van der Waals surface area contributed by atoms with E-state index < -0.39 is 11.4 Å². The highest BCUT2D eigenvalue weighted by Gasteiger charge is 2.00. The minimum Gasteiger partial charge on any atom is -0.268 e. The summed E-state index contributed by atoms with van der Waals surface area (Å²) in [5.74, 6) is 0. The Hall–Kier alpha value is 0.0700. The largest absolute Gasteiger partial charge is 0.304 e. The Morgan fingerprint density at radius 2 is 0.870 bits per heavy atom. The minimum atomic E-state index is -1.54. The van der Waals surface area contributed by atoms with Crippen molar-refractivity contribution in [3.05, 3.63) is 0 Å². The summed E-state index contributed by atoms with van der Waals surface area (Å²) in [5.41, 5.74) is 0. The number of hydrogen-bond donors (Lipinski definition) is 0. The number of hydrogen-bond acceptors (Lipinski definition) is 3. The molecule has 0 saturated heterocycles. The van der Waals surface area contributed by atoms with Crippen molar-refractivity contribution in [1.82, 2.24) is 0 Å². The van der Waals surface area contributed by atoms with Gasteiger partial charge in [-0.15, -0.1) is 0 Å². The number of unbranched alkanes of at least 4 members (excludes halogenated alkanes) is 13. The maximum atomic E-state index is 11.3. The van der Waals surface area contributed by atoms with Gasteiger partial charge in [-0.2, -0.15) is 4.21 Å². The monoisotopic (exact) mass is 348 g/mol. The van der Waals surface area contributed by atoms with E-state index in [1.165, 1.54) is 77.0 Å². The van der Waals surface area contributed by atoms with Crippen molar-refractivity contribution in [3.63, 3.8) is 0 Å². The molecule has 0 bridgehead atoms. The fraction of sp³-hybridized carbons (Fsp3) is 1.00. The van der Waals surface area contributed by atoms with Crippen LogP contribution in [0.1, 0.15) is 110 Å². The van der Waals surface area contributed by atoms with Gasteiger partial charge in [-0.1, -0.05) is 97.3 Å². The van der Waals surface area contributed by atoms with E-state index in [1.807, 2.05) is 0 Å². The van der Waals surface area contributed by atoms with Crippen LogP contribution in [-0.2, 0) is 19.7 Å². The first kappa shape index (κ1) is 23.1. The molecule has 0 heterocycles. The summed E-state index contributed by atoms with van der Waals surface area (Å²) in [5, 5.41) is 0. The van der Waals surface area contributed by atoms with Crippen LogP contribution in [0.15, 0.2) is 0 Å². The summed E-state index contributed by atoms with van der Waals surface area (Å²) in [4.78, 5) is 0. The molecule has 0 aliphatic carbocycles. The van der Waals surface area contributed by atoms with Crippen LogP contribution in [0.2, 0.25) is 0 Å². The van der Waals surface area contributed by atoms with E-state index in [0.717, 1.165) is 19.3 Å². The van der Waals surface area contributed by atoms with Crippen molar-refractivity contribution in [2.45, 2.75) is 110 Å². The minimum absolute atomic E-state index is 0.529. The lowest BCUT2D eigenvalue weighted by molar-refractivity contribution is 0.242. The Bertz CT molecular complexity index is 247. The number of rotatable bonds is 19. The Morgan fingerprint density at radius 1 is 0.522 bits per heavy atom. The van der Waals surface area contributed by atoms with E-state index >= 15 is 0 Å². The zero-order valence-corrected chi connectivity index (χ0v) is 16.5. The van der Waals surface area contributed by atoms with Crippen LogP contribution in [-0.4, -0.2) is 17.4 Å². The predicted octanol–water partition coefficient (Wildman–Crippen LogP) is 6.49. The smallest absolute Gasteiger partial charge is 0.268 e. The van der Waals surface area contributed by atoms with Crippen molar-refractivity contribution in [2.75, 3.05) is 13.2 Å². The van der Waals surface area contributed by atoms with Gasteiger partial charge in [0, 0.05) is 0 Å². The maximum Gasteiger partial charge on any atom is 0.304 e. The summed E-state index contributed by atoms with van der Waals surface area (Å²) in [6, 6.07) is 0. The highest BCUT2D eigenvalue weighted by atomic mass is 32.2. The van der Waals surface area contributed by atoms with Crippen molar-refractivity contribution in [3.8, 4) is 0 Å². The average Bonchev–Trinajstić information content (AvgIpc) is 2.55. The molecule has 0 aromatic rings. The first-order valence-electron chi connectivity index (χ1n) is 9.99. The lowest BCUT2D eigenvalue weighted by atomic mass is 10.0. The third-order valence-corrected chi connectivity index (χ3v) is 4.82. The van der Waals surface area contributed by atoms with Gasteiger partial charge in [0.25, 0.3) is 0 Å². The van der Waals surface area contributed by atoms with Crippen molar-refractivity contribution < 1.29 is 12.6 Å². The molecule has 0 aromatic carbocycles. The van der Waals surface area contributed by atoms with Gasteiger partial charge < -0.3 is 0 Å². The van der Waals surface area contributed by atoms with E-state index in [4.69, 9.17) is 8.37 Å². The summed E-state index contributed by atoms with van der Waals surface area (Å²) in [7, 11) is 0. The zero-order chi connectivity index (χ0) is 17.0. The Labute approximate surface area is 147 Å². The second-order valence-electron chi connectivity index (χ2n) is 6.44. The van der Waals surface area contributed by atoms with Crippen LogP contribution in [0.4, 0.5) is 0 Å². The second-order valence-corrected chi connectivity index (χ2v) is 7.32. The maximum absolute atomic E-state index is 11.3. The molecule has 0 spiro atoms. The van der Waals surface area contributed by atoms with Crippen LogP contribution in [0, 0.1) is 0 Å². The Kier molecular flexibility index (Phi) is 20.2. The highest BCUT2D eigenvalue weighted by molar-refractivity contribution is 7.75. The van der Waals surface area contributed by atoms with Gasteiger partial charge in [-0.05, 0) is 12.8 Å². The van der Waals surface area contributed by atoms with Gasteiger partial charge in [0.1, 0.15) is 0 Å². The van der Waals surface area contributed by atoms with Crippen LogP contribution < -0.4 is 0 Å². The Balaban J connectivity index is 3.06. The van der Waals surface area contributed by atoms with E-state index in [9.17, 15) is 4.21 Å². The van der Waals surface area contributed by atoms with Gasteiger partial charge >= 0.3 is 11.4 Å². The summed E-state index contributed by atoms with van der Waals surface area (Å²) in [6.45, 7) is 5.44. The Morgan fingerprint density at radius 3 is 1.30 bits per heavy atom. The van der Waals surface area contributed by atoms with Gasteiger partial charge in [-0.25, -0.2) is 0 Å². The third kappa shape index (κ3) is 20.0. The van der Waals surface area contributed by atoms with Gasteiger partial charge in [0.15, 0.2) is 0 Å². The molecule has 140 valence electrons. The van der Waals surface area contributed by atoms with Crippen molar-refractivity contribution in [2.24, 2.45) is 0 Å². The molecule has 0 fully saturated rings. The average molecular weight is 349 g/mol. The van der Waals surface area contributed by atoms with Gasteiger partial charge in [0.05, 0.1) is 13.2 Å². The van der Waals surface area contributed by atoms with Crippen LogP contribution in [0.25, 0.3) is 0 Å². The molecular formula is C19H40O3S. The molecule has 0 saturated carbocycles. The second kappa shape index (κ2) is 20.1. The quantitative estimate of drug-likeness (QED) is 0.250. The molecule has 3 nitrogen and oxygen atoms in total. The lowest BCUT2D eigenvalue weighted by Crippen LogP contribution is -2.04. The van der Waals surface area contributed by atoms with Crippen molar-refractivity contribution >= 4 is 11.4 Å². The van der Waals surface area contributed by atoms with E-state index in [-0.39, 0.29) is 0 Å². The summed E-state index contributed by atoms with van der Waals surface area (Å²) < 4.78 is 21.5. The molecule has 0 aromatic heterocycles. The topological polar surface area (TPSA) is 35.5 Å². The van der Waals surface area contributed by atoms with Crippen LogP contribution in [0.5, 0.6) is 0 Å². The highest BCUT2D eigenvalue weighted by Crippen LogP contribution is 2.12. The normalized spacial score (nSPS) is 12.6. The zero-order valence-electron chi connectivity index (χ0n) is 15.7.